The summed E-state index contributed by atoms with van der Waals surface area (Å²) in [6, 6.07) is 13.8. The fourth-order valence-electron chi connectivity index (χ4n) is 3.11. The molecule has 4 heteroatoms. The summed E-state index contributed by atoms with van der Waals surface area (Å²) in [6.45, 7) is 1.75. The van der Waals surface area contributed by atoms with E-state index in [0.29, 0.717) is 12.3 Å². The van der Waals surface area contributed by atoms with Crippen LogP contribution in [0.2, 0.25) is 0 Å². The largest absolute Gasteiger partial charge is 0.392 e. The van der Waals surface area contributed by atoms with Gasteiger partial charge in [0.1, 0.15) is 0 Å². The Morgan fingerprint density at radius 3 is 2.65 bits per heavy atom. The number of pyridine rings is 1. The first-order valence-electron chi connectivity index (χ1n) is 8.11. The number of aliphatic hydroxyl groups excluding tert-OH is 1. The average Bonchev–Trinajstić information content (AvgIpc) is 3.05. The molecule has 3 rings (SSSR count). The summed E-state index contributed by atoms with van der Waals surface area (Å²) < 4.78 is 0. The van der Waals surface area contributed by atoms with Gasteiger partial charge in [-0.2, -0.15) is 0 Å². The van der Waals surface area contributed by atoms with Crippen LogP contribution in [-0.4, -0.2) is 34.0 Å². The van der Waals surface area contributed by atoms with Crippen molar-refractivity contribution in [1.82, 2.24) is 9.88 Å². The summed E-state index contributed by atoms with van der Waals surface area (Å²) in [4.78, 5) is 18.5. The van der Waals surface area contributed by atoms with Gasteiger partial charge in [-0.3, -0.25) is 9.78 Å². The minimum Gasteiger partial charge on any atom is -0.392 e. The topological polar surface area (TPSA) is 53.4 Å². The normalized spacial score (nSPS) is 17.4. The van der Waals surface area contributed by atoms with Crippen LogP contribution in [0.1, 0.15) is 23.2 Å². The van der Waals surface area contributed by atoms with Crippen molar-refractivity contribution in [3.8, 4) is 0 Å². The number of rotatable bonds is 5. The van der Waals surface area contributed by atoms with Crippen LogP contribution in [-0.2, 0) is 24.2 Å². The van der Waals surface area contributed by atoms with Gasteiger partial charge in [0.25, 0.3) is 0 Å². The SMILES string of the molecule is O=C(Cc1ccccn1)N1CCC(Cc2ccc(CO)cc2)C1. The van der Waals surface area contributed by atoms with Gasteiger partial charge >= 0.3 is 0 Å². The van der Waals surface area contributed by atoms with Gasteiger partial charge in [-0.15, -0.1) is 0 Å². The molecule has 1 unspecified atom stereocenters. The Kier molecular flexibility index (Phi) is 5.03. The minimum absolute atomic E-state index is 0.0828. The van der Waals surface area contributed by atoms with Crippen molar-refractivity contribution in [3.63, 3.8) is 0 Å². The van der Waals surface area contributed by atoms with Gasteiger partial charge in [0.05, 0.1) is 13.0 Å². The van der Waals surface area contributed by atoms with Crippen LogP contribution < -0.4 is 0 Å². The van der Waals surface area contributed by atoms with Crippen molar-refractivity contribution in [2.24, 2.45) is 5.92 Å². The lowest BCUT2D eigenvalue weighted by molar-refractivity contribution is -0.129. The second-order valence-corrected chi connectivity index (χ2v) is 6.17. The standard InChI is InChI=1S/C19H22N2O2/c22-14-16-6-4-15(5-7-16)11-17-8-10-21(13-17)19(23)12-18-3-1-2-9-20-18/h1-7,9,17,22H,8,10-14H2. The third-order valence-electron chi connectivity index (χ3n) is 4.43. The smallest absolute Gasteiger partial charge is 0.228 e. The molecular weight excluding hydrogens is 288 g/mol. The van der Waals surface area contributed by atoms with Crippen LogP contribution in [0.5, 0.6) is 0 Å². The molecule has 1 amide bonds. The van der Waals surface area contributed by atoms with Gasteiger partial charge in [0.2, 0.25) is 5.91 Å². The Morgan fingerprint density at radius 2 is 1.96 bits per heavy atom. The van der Waals surface area contributed by atoms with Crippen molar-refractivity contribution in [2.45, 2.75) is 25.9 Å². The molecule has 1 aromatic carbocycles. The van der Waals surface area contributed by atoms with Crippen LogP contribution in [0.4, 0.5) is 0 Å². The van der Waals surface area contributed by atoms with Gasteiger partial charge in [-0.05, 0) is 42.0 Å². The van der Waals surface area contributed by atoms with E-state index in [2.05, 4.69) is 17.1 Å². The maximum absolute atomic E-state index is 12.4. The second kappa shape index (κ2) is 7.38. The summed E-state index contributed by atoms with van der Waals surface area (Å²) in [7, 11) is 0. The molecule has 0 saturated carbocycles. The summed E-state index contributed by atoms with van der Waals surface area (Å²) in [6.07, 6.45) is 4.15. The second-order valence-electron chi connectivity index (χ2n) is 6.17. The van der Waals surface area contributed by atoms with Crippen LogP contribution in [0.25, 0.3) is 0 Å². The number of hydrogen-bond acceptors (Lipinski definition) is 3. The molecule has 23 heavy (non-hydrogen) atoms. The number of hydrogen-bond donors (Lipinski definition) is 1. The molecule has 2 aromatic rings. The molecule has 1 saturated heterocycles. The molecule has 0 spiro atoms. The Labute approximate surface area is 136 Å². The zero-order chi connectivity index (χ0) is 16.1. The molecule has 120 valence electrons. The first-order valence-corrected chi connectivity index (χ1v) is 8.11. The van der Waals surface area contributed by atoms with Crippen LogP contribution in [0, 0.1) is 5.92 Å². The third-order valence-corrected chi connectivity index (χ3v) is 4.43. The molecule has 1 aliphatic rings. The fourth-order valence-corrected chi connectivity index (χ4v) is 3.11. The van der Waals surface area contributed by atoms with Crippen LogP contribution in [0.15, 0.2) is 48.7 Å². The first-order chi connectivity index (χ1) is 11.2. The Hall–Kier alpha value is -2.20. The Morgan fingerprint density at radius 1 is 1.17 bits per heavy atom. The quantitative estimate of drug-likeness (QED) is 0.921. The summed E-state index contributed by atoms with van der Waals surface area (Å²) in [5, 5.41) is 9.08. The lowest BCUT2D eigenvalue weighted by Gasteiger charge is -2.16. The molecule has 1 aliphatic heterocycles. The number of nitrogens with zero attached hydrogens (tertiary/aromatic N) is 2. The van der Waals surface area contributed by atoms with Gasteiger partial charge in [-0.25, -0.2) is 0 Å². The molecule has 0 bridgehead atoms. The van der Waals surface area contributed by atoms with Crippen molar-refractivity contribution < 1.29 is 9.90 Å². The predicted octanol–water partition coefficient (Wildman–Crippen LogP) is 2.21. The van der Waals surface area contributed by atoms with E-state index in [4.69, 9.17) is 5.11 Å². The summed E-state index contributed by atoms with van der Waals surface area (Å²) in [5.74, 6) is 0.685. The minimum atomic E-state index is 0.0828. The predicted molar refractivity (Wildman–Crippen MR) is 88.7 cm³/mol. The lowest BCUT2D eigenvalue weighted by Crippen LogP contribution is -2.30. The van der Waals surface area contributed by atoms with Crippen molar-refractivity contribution in [1.29, 1.82) is 0 Å². The van der Waals surface area contributed by atoms with Crippen molar-refractivity contribution in [3.05, 3.63) is 65.5 Å². The maximum atomic E-state index is 12.4. The highest BCUT2D eigenvalue weighted by atomic mass is 16.3. The van der Waals surface area contributed by atoms with E-state index in [9.17, 15) is 4.79 Å². The van der Waals surface area contributed by atoms with Gasteiger partial charge in [0, 0.05) is 25.0 Å². The van der Waals surface area contributed by atoms with E-state index in [1.54, 1.807) is 6.20 Å². The fraction of sp³-hybridized carbons (Fsp3) is 0.368. The monoisotopic (exact) mass is 310 g/mol. The molecule has 0 aliphatic carbocycles. The zero-order valence-electron chi connectivity index (χ0n) is 13.2. The lowest BCUT2D eigenvalue weighted by atomic mass is 9.98. The molecule has 4 nitrogen and oxygen atoms in total. The number of aliphatic hydroxyl groups is 1. The molecule has 0 radical (unpaired) electrons. The molecule has 1 atom stereocenters. The highest BCUT2D eigenvalue weighted by molar-refractivity contribution is 5.78. The van der Waals surface area contributed by atoms with Gasteiger partial charge in [0.15, 0.2) is 0 Å². The van der Waals surface area contributed by atoms with Gasteiger partial charge < -0.3 is 10.0 Å². The molecule has 1 aromatic heterocycles. The maximum Gasteiger partial charge on any atom is 0.228 e. The van der Waals surface area contributed by atoms with E-state index < -0.39 is 0 Å². The number of amides is 1. The Balaban J connectivity index is 1.52. The number of likely N-dealkylation sites (tertiary alicyclic amines) is 1. The molecule has 2 heterocycles. The third kappa shape index (κ3) is 4.17. The van der Waals surface area contributed by atoms with Gasteiger partial charge in [-0.1, -0.05) is 30.3 Å². The number of carbonyl (C=O) groups is 1. The number of aromatic nitrogens is 1. The first kappa shape index (κ1) is 15.7. The molecular formula is C19H22N2O2. The number of benzene rings is 1. The van der Waals surface area contributed by atoms with E-state index in [1.165, 1.54) is 5.56 Å². The van der Waals surface area contributed by atoms with E-state index >= 15 is 0 Å². The molecule has 1 fully saturated rings. The average molecular weight is 310 g/mol. The van der Waals surface area contributed by atoms with E-state index in [-0.39, 0.29) is 12.5 Å². The molecule has 1 N–H and O–H groups in total. The highest BCUT2D eigenvalue weighted by Crippen LogP contribution is 2.21. The van der Waals surface area contributed by atoms with E-state index in [1.807, 2.05) is 35.2 Å². The van der Waals surface area contributed by atoms with Crippen LogP contribution >= 0.6 is 0 Å². The summed E-state index contributed by atoms with van der Waals surface area (Å²) >= 11 is 0. The Bertz CT molecular complexity index is 640. The van der Waals surface area contributed by atoms with Crippen LogP contribution in [0.3, 0.4) is 0 Å². The number of carbonyl (C=O) groups excluding carboxylic acids is 1. The van der Waals surface area contributed by atoms with E-state index in [0.717, 1.165) is 37.2 Å². The highest BCUT2D eigenvalue weighted by Gasteiger charge is 2.26. The van der Waals surface area contributed by atoms with Crippen molar-refractivity contribution >= 4 is 5.91 Å². The zero-order valence-corrected chi connectivity index (χ0v) is 13.2. The summed E-state index contributed by atoms with van der Waals surface area (Å²) in [5.41, 5.74) is 3.04. The van der Waals surface area contributed by atoms with Crippen molar-refractivity contribution in [2.75, 3.05) is 13.1 Å².